The van der Waals surface area contributed by atoms with Gasteiger partial charge in [0.2, 0.25) is 0 Å². The molecule has 1 N–H and O–H groups in total. The number of aliphatic hydroxyl groups is 1. The van der Waals surface area contributed by atoms with E-state index < -0.39 is 6.10 Å². The molecular formula is C17H19FO2. The topological polar surface area (TPSA) is 29.5 Å². The fourth-order valence-electron chi connectivity index (χ4n) is 2.31. The van der Waals surface area contributed by atoms with Crippen LogP contribution in [0.3, 0.4) is 0 Å². The molecule has 2 unspecified atom stereocenters. The molecule has 0 spiro atoms. The Balaban J connectivity index is 2.14. The first-order valence-corrected chi connectivity index (χ1v) is 6.68. The quantitative estimate of drug-likeness (QED) is 0.900. The van der Waals surface area contributed by atoms with Gasteiger partial charge in [-0.1, -0.05) is 49.4 Å². The zero-order valence-electron chi connectivity index (χ0n) is 11.7. The summed E-state index contributed by atoms with van der Waals surface area (Å²) in [6.45, 7) is 1.91. The molecule has 0 saturated heterocycles. The minimum atomic E-state index is -0.609. The van der Waals surface area contributed by atoms with Gasteiger partial charge >= 0.3 is 0 Å². The summed E-state index contributed by atoms with van der Waals surface area (Å²) in [5.74, 6) is -0.190. The number of halogens is 1. The summed E-state index contributed by atoms with van der Waals surface area (Å²) in [7, 11) is 1.45. The van der Waals surface area contributed by atoms with Crippen molar-refractivity contribution in [2.24, 2.45) is 5.92 Å². The third-order valence-electron chi connectivity index (χ3n) is 3.49. The molecule has 0 aliphatic rings. The summed E-state index contributed by atoms with van der Waals surface area (Å²) in [6.07, 6.45) is -0.152. The third kappa shape index (κ3) is 3.17. The van der Waals surface area contributed by atoms with Crippen molar-refractivity contribution in [2.45, 2.75) is 19.4 Å². The van der Waals surface area contributed by atoms with Gasteiger partial charge in [0.25, 0.3) is 0 Å². The van der Waals surface area contributed by atoms with Crippen LogP contribution in [0.25, 0.3) is 0 Å². The molecule has 0 heterocycles. The van der Waals surface area contributed by atoms with Crippen LogP contribution in [0.4, 0.5) is 4.39 Å². The molecule has 0 aliphatic carbocycles. The van der Waals surface area contributed by atoms with Crippen molar-refractivity contribution in [3.05, 3.63) is 65.5 Å². The number of hydrogen-bond acceptors (Lipinski definition) is 2. The zero-order valence-corrected chi connectivity index (χ0v) is 11.7. The Morgan fingerprint density at radius 3 is 2.45 bits per heavy atom. The fraction of sp³-hybridized carbons (Fsp3) is 0.294. The molecule has 0 radical (unpaired) electrons. The minimum Gasteiger partial charge on any atom is -0.494 e. The predicted molar refractivity (Wildman–Crippen MR) is 77.2 cm³/mol. The van der Waals surface area contributed by atoms with E-state index in [-0.39, 0.29) is 17.5 Å². The van der Waals surface area contributed by atoms with Crippen molar-refractivity contribution >= 4 is 0 Å². The number of rotatable bonds is 5. The van der Waals surface area contributed by atoms with E-state index in [4.69, 9.17) is 4.74 Å². The first kappa shape index (κ1) is 14.5. The maximum Gasteiger partial charge on any atom is 0.168 e. The maximum absolute atomic E-state index is 14.1. The van der Waals surface area contributed by atoms with Crippen LogP contribution >= 0.6 is 0 Å². The van der Waals surface area contributed by atoms with E-state index in [2.05, 4.69) is 0 Å². The minimum absolute atomic E-state index is 0.0843. The summed E-state index contributed by atoms with van der Waals surface area (Å²) in [4.78, 5) is 0. The normalized spacial score (nSPS) is 13.8. The van der Waals surface area contributed by atoms with Gasteiger partial charge in [-0.05, 0) is 29.5 Å². The monoisotopic (exact) mass is 274 g/mol. The largest absolute Gasteiger partial charge is 0.494 e. The van der Waals surface area contributed by atoms with Crippen molar-refractivity contribution in [1.82, 2.24) is 0 Å². The summed E-state index contributed by atoms with van der Waals surface area (Å²) in [5.41, 5.74) is 1.41. The van der Waals surface area contributed by atoms with Crippen LogP contribution in [0.2, 0.25) is 0 Å². The summed E-state index contributed by atoms with van der Waals surface area (Å²) < 4.78 is 19.1. The molecule has 2 atom stereocenters. The van der Waals surface area contributed by atoms with Crippen LogP contribution in [0, 0.1) is 11.7 Å². The fourth-order valence-corrected chi connectivity index (χ4v) is 2.31. The average molecular weight is 274 g/mol. The standard InChI is InChI=1S/C17H19FO2/c1-12(17(19)13-7-4-3-5-8-13)11-14-9-6-10-15(20-2)16(14)18/h3-10,12,17,19H,11H2,1-2H3. The first-order chi connectivity index (χ1) is 9.63. The van der Waals surface area contributed by atoms with Gasteiger partial charge in [-0.25, -0.2) is 4.39 Å². The molecule has 2 aromatic carbocycles. The van der Waals surface area contributed by atoms with E-state index in [1.165, 1.54) is 7.11 Å². The van der Waals surface area contributed by atoms with E-state index in [0.29, 0.717) is 12.0 Å². The number of ether oxygens (including phenoxy) is 1. The third-order valence-corrected chi connectivity index (χ3v) is 3.49. The van der Waals surface area contributed by atoms with Gasteiger partial charge < -0.3 is 9.84 Å². The lowest BCUT2D eigenvalue weighted by molar-refractivity contribution is 0.117. The SMILES string of the molecule is COc1cccc(CC(C)C(O)c2ccccc2)c1F. The number of aliphatic hydroxyl groups excluding tert-OH is 1. The average Bonchev–Trinajstić information content (AvgIpc) is 2.49. The molecular weight excluding hydrogens is 255 g/mol. The first-order valence-electron chi connectivity index (χ1n) is 6.68. The smallest absolute Gasteiger partial charge is 0.168 e. The van der Waals surface area contributed by atoms with Crippen LogP contribution in [0.15, 0.2) is 48.5 Å². The Kier molecular flexibility index (Phi) is 4.74. The molecule has 0 aliphatic heterocycles. The number of methoxy groups -OCH3 is 1. The van der Waals surface area contributed by atoms with Crippen molar-refractivity contribution in [1.29, 1.82) is 0 Å². The highest BCUT2D eigenvalue weighted by Crippen LogP contribution is 2.28. The van der Waals surface area contributed by atoms with E-state index in [0.717, 1.165) is 5.56 Å². The molecule has 0 bridgehead atoms. The Hall–Kier alpha value is -1.87. The lowest BCUT2D eigenvalue weighted by atomic mass is 9.91. The zero-order chi connectivity index (χ0) is 14.5. The van der Waals surface area contributed by atoms with Gasteiger partial charge in [0.1, 0.15) is 0 Å². The van der Waals surface area contributed by atoms with E-state index >= 15 is 0 Å². The van der Waals surface area contributed by atoms with Crippen LogP contribution in [0.1, 0.15) is 24.2 Å². The van der Waals surface area contributed by atoms with E-state index in [1.54, 1.807) is 18.2 Å². The lowest BCUT2D eigenvalue weighted by Gasteiger charge is -2.20. The molecule has 2 aromatic rings. The van der Waals surface area contributed by atoms with Crippen LogP contribution < -0.4 is 4.74 Å². The van der Waals surface area contributed by atoms with Gasteiger partial charge in [-0.3, -0.25) is 0 Å². The van der Waals surface area contributed by atoms with E-state index in [9.17, 15) is 9.50 Å². The summed E-state index contributed by atoms with van der Waals surface area (Å²) >= 11 is 0. The molecule has 106 valence electrons. The Labute approximate surface area is 118 Å². The number of benzene rings is 2. The van der Waals surface area contributed by atoms with Gasteiger partial charge in [0.05, 0.1) is 13.2 Å². The van der Waals surface area contributed by atoms with Gasteiger partial charge in [-0.2, -0.15) is 0 Å². The summed E-state index contributed by atoms with van der Waals surface area (Å²) in [5, 5.41) is 10.3. The molecule has 2 rings (SSSR count). The second kappa shape index (κ2) is 6.53. The highest BCUT2D eigenvalue weighted by Gasteiger charge is 2.19. The van der Waals surface area contributed by atoms with Gasteiger partial charge in [0, 0.05) is 0 Å². The molecule has 20 heavy (non-hydrogen) atoms. The molecule has 0 amide bonds. The Bertz CT molecular complexity index is 554. The predicted octanol–water partition coefficient (Wildman–Crippen LogP) is 3.75. The maximum atomic E-state index is 14.1. The molecule has 0 saturated carbocycles. The number of hydrogen-bond donors (Lipinski definition) is 1. The second-order valence-corrected chi connectivity index (χ2v) is 4.97. The Morgan fingerprint density at radius 2 is 1.80 bits per heavy atom. The highest BCUT2D eigenvalue weighted by molar-refractivity contribution is 5.31. The molecule has 2 nitrogen and oxygen atoms in total. The molecule has 0 aromatic heterocycles. The van der Waals surface area contributed by atoms with E-state index in [1.807, 2.05) is 37.3 Å². The Morgan fingerprint density at radius 1 is 1.10 bits per heavy atom. The van der Waals surface area contributed by atoms with Crippen molar-refractivity contribution in [3.63, 3.8) is 0 Å². The second-order valence-electron chi connectivity index (χ2n) is 4.97. The van der Waals surface area contributed by atoms with Crippen LogP contribution in [0.5, 0.6) is 5.75 Å². The van der Waals surface area contributed by atoms with Crippen molar-refractivity contribution in [3.8, 4) is 5.75 Å². The van der Waals surface area contributed by atoms with Crippen molar-refractivity contribution in [2.75, 3.05) is 7.11 Å². The van der Waals surface area contributed by atoms with Crippen LogP contribution in [-0.2, 0) is 6.42 Å². The van der Waals surface area contributed by atoms with Gasteiger partial charge in [0.15, 0.2) is 11.6 Å². The van der Waals surface area contributed by atoms with Crippen LogP contribution in [-0.4, -0.2) is 12.2 Å². The molecule has 0 fully saturated rings. The summed E-state index contributed by atoms with van der Waals surface area (Å²) in [6, 6.07) is 14.5. The van der Waals surface area contributed by atoms with Crippen molar-refractivity contribution < 1.29 is 14.2 Å². The highest BCUT2D eigenvalue weighted by atomic mass is 19.1. The molecule has 3 heteroatoms. The lowest BCUT2D eigenvalue weighted by Crippen LogP contribution is -2.13. The van der Waals surface area contributed by atoms with Gasteiger partial charge in [-0.15, -0.1) is 0 Å².